The fourth-order valence-electron chi connectivity index (χ4n) is 0.767. The first-order chi connectivity index (χ1) is 6.18. The molecule has 0 aliphatic heterocycles. The molecule has 0 radical (unpaired) electrons. The van der Waals surface area contributed by atoms with Gasteiger partial charge in [0.15, 0.2) is 5.12 Å². The zero-order valence-corrected chi connectivity index (χ0v) is 9.56. The lowest BCUT2D eigenvalue weighted by atomic mass is 10.4. The van der Waals surface area contributed by atoms with E-state index in [9.17, 15) is 4.79 Å². The molecule has 0 bridgehead atoms. The van der Waals surface area contributed by atoms with Gasteiger partial charge in [-0.1, -0.05) is 11.8 Å². The highest BCUT2D eigenvalue weighted by atomic mass is 79.9. The summed E-state index contributed by atoms with van der Waals surface area (Å²) in [7, 11) is 0. The molecule has 0 N–H and O–H groups in total. The second kappa shape index (κ2) is 5.34. The molecule has 1 heterocycles. The highest BCUT2D eigenvalue weighted by Gasteiger charge is 1.98. The molecule has 5 heteroatoms. The first-order valence-electron chi connectivity index (χ1n) is 3.78. The molecule has 0 aliphatic rings. The van der Waals surface area contributed by atoms with Gasteiger partial charge in [-0.3, -0.25) is 9.78 Å². The van der Waals surface area contributed by atoms with Crippen LogP contribution in [-0.4, -0.2) is 20.8 Å². The Morgan fingerprint density at radius 1 is 1.54 bits per heavy atom. The SMILES string of the molecule is CC(=O)SCCc1cnc(Br)cn1. The van der Waals surface area contributed by atoms with Crippen LogP contribution in [0.1, 0.15) is 12.6 Å². The number of carbonyl (C=O) groups is 1. The highest BCUT2D eigenvalue weighted by molar-refractivity contribution is 9.10. The monoisotopic (exact) mass is 260 g/mol. The van der Waals surface area contributed by atoms with E-state index in [1.165, 1.54) is 11.8 Å². The number of rotatable bonds is 3. The van der Waals surface area contributed by atoms with Gasteiger partial charge in [0.2, 0.25) is 0 Å². The van der Waals surface area contributed by atoms with E-state index in [1.54, 1.807) is 19.3 Å². The van der Waals surface area contributed by atoms with Crippen molar-refractivity contribution < 1.29 is 4.79 Å². The van der Waals surface area contributed by atoms with E-state index in [0.29, 0.717) is 0 Å². The lowest BCUT2D eigenvalue weighted by Crippen LogP contribution is -1.95. The molecule has 1 rings (SSSR count). The molecule has 13 heavy (non-hydrogen) atoms. The van der Waals surface area contributed by atoms with Crippen LogP contribution in [0.5, 0.6) is 0 Å². The maximum absolute atomic E-state index is 10.6. The fraction of sp³-hybridized carbons (Fsp3) is 0.375. The summed E-state index contributed by atoms with van der Waals surface area (Å²) in [6, 6.07) is 0. The minimum atomic E-state index is 0.144. The minimum Gasteiger partial charge on any atom is -0.288 e. The molecule has 0 saturated heterocycles. The average molecular weight is 261 g/mol. The van der Waals surface area contributed by atoms with Gasteiger partial charge in [-0.05, 0) is 15.9 Å². The molecule has 0 atom stereocenters. The molecule has 0 spiro atoms. The number of aryl methyl sites for hydroxylation is 1. The zero-order valence-electron chi connectivity index (χ0n) is 7.16. The van der Waals surface area contributed by atoms with Crippen LogP contribution in [0.2, 0.25) is 0 Å². The van der Waals surface area contributed by atoms with Gasteiger partial charge in [-0.25, -0.2) is 4.98 Å². The van der Waals surface area contributed by atoms with E-state index < -0.39 is 0 Å². The Kier molecular flexibility index (Phi) is 4.38. The molecular weight excluding hydrogens is 252 g/mol. The van der Waals surface area contributed by atoms with Crippen molar-refractivity contribution in [1.29, 1.82) is 0 Å². The summed E-state index contributed by atoms with van der Waals surface area (Å²) < 4.78 is 0.732. The Morgan fingerprint density at radius 2 is 2.31 bits per heavy atom. The van der Waals surface area contributed by atoms with Crippen LogP contribution in [0.3, 0.4) is 0 Å². The number of aromatic nitrogens is 2. The number of thioether (sulfide) groups is 1. The number of hydrogen-bond donors (Lipinski definition) is 0. The van der Waals surface area contributed by atoms with Gasteiger partial charge in [0.25, 0.3) is 0 Å². The van der Waals surface area contributed by atoms with Crippen molar-refractivity contribution in [3.63, 3.8) is 0 Å². The number of hydrogen-bond acceptors (Lipinski definition) is 4. The third kappa shape index (κ3) is 4.38. The molecule has 1 aromatic rings. The maximum Gasteiger partial charge on any atom is 0.185 e. The summed E-state index contributed by atoms with van der Waals surface area (Å²) in [5, 5.41) is 0.144. The molecule has 0 amide bonds. The van der Waals surface area contributed by atoms with Crippen molar-refractivity contribution in [2.75, 3.05) is 5.75 Å². The van der Waals surface area contributed by atoms with Gasteiger partial charge < -0.3 is 0 Å². The van der Waals surface area contributed by atoms with Crippen molar-refractivity contribution in [1.82, 2.24) is 9.97 Å². The second-order valence-electron chi connectivity index (χ2n) is 2.42. The molecule has 70 valence electrons. The average Bonchev–Trinajstić information content (AvgIpc) is 2.08. The Balaban J connectivity index is 2.37. The van der Waals surface area contributed by atoms with Crippen molar-refractivity contribution in [2.24, 2.45) is 0 Å². The van der Waals surface area contributed by atoms with Gasteiger partial charge in [-0.2, -0.15) is 0 Å². The van der Waals surface area contributed by atoms with Crippen LogP contribution < -0.4 is 0 Å². The minimum absolute atomic E-state index is 0.144. The quantitative estimate of drug-likeness (QED) is 0.835. The van der Waals surface area contributed by atoms with E-state index in [2.05, 4.69) is 25.9 Å². The lowest BCUT2D eigenvalue weighted by molar-refractivity contribution is -0.109. The van der Waals surface area contributed by atoms with E-state index in [4.69, 9.17) is 0 Å². The predicted octanol–water partition coefficient (Wildman–Crippen LogP) is 2.06. The summed E-state index contributed by atoms with van der Waals surface area (Å²) in [5.74, 6) is 0.769. The lowest BCUT2D eigenvalue weighted by Gasteiger charge is -1.97. The summed E-state index contributed by atoms with van der Waals surface area (Å²) in [6.45, 7) is 1.57. The smallest absolute Gasteiger partial charge is 0.185 e. The molecular formula is C8H9BrN2OS. The van der Waals surface area contributed by atoms with E-state index >= 15 is 0 Å². The first-order valence-corrected chi connectivity index (χ1v) is 5.56. The highest BCUT2D eigenvalue weighted by Crippen LogP contribution is 2.07. The van der Waals surface area contributed by atoms with Gasteiger partial charge in [-0.15, -0.1) is 0 Å². The number of halogens is 1. The van der Waals surface area contributed by atoms with E-state index in [1.807, 2.05) is 0 Å². The first kappa shape index (κ1) is 10.7. The number of nitrogens with zero attached hydrogens (tertiary/aromatic N) is 2. The van der Waals surface area contributed by atoms with Crippen molar-refractivity contribution in [3.8, 4) is 0 Å². The largest absolute Gasteiger partial charge is 0.288 e. The Hall–Kier alpha value is -0.420. The molecule has 0 aliphatic carbocycles. The van der Waals surface area contributed by atoms with Crippen molar-refractivity contribution >= 4 is 32.8 Å². The normalized spacial score (nSPS) is 10.0. The standard InChI is InChI=1S/C8H9BrN2OS/c1-6(12)13-3-2-7-4-11-8(9)5-10-7/h4-5H,2-3H2,1H3. The summed E-state index contributed by atoms with van der Waals surface area (Å²) in [4.78, 5) is 18.8. The summed E-state index contributed by atoms with van der Waals surface area (Å²) >= 11 is 4.52. The van der Waals surface area contributed by atoms with Crippen LogP contribution in [0.25, 0.3) is 0 Å². The molecule has 3 nitrogen and oxygen atoms in total. The van der Waals surface area contributed by atoms with Crippen LogP contribution >= 0.6 is 27.7 Å². The van der Waals surface area contributed by atoms with Gasteiger partial charge in [0, 0.05) is 25.3 Å². The predicted molar refractivity (Wildman–Crippen MR) is 56.6 cm³/mol. The Morgan fingerprint density at radius 3 is 2.85 bits per heavy atom. The van der Waals surface area contributed by atoms with Gasteiger partial charge >= 0.3 is 0 Å². The summed E-state index contributed by atoms with van der Waals surface area (Å²) in [5.41, 5.74) is 0.914. The molecule has 0 unspecified atom stereocenters. The van der Waals surface area contributed by atoms with Crippen molar-refractivity contribution in [2.45, 2.75) is 13.3 Å². The van der Waals surface area contributed by atoms with Crippen molar-refractivity contribution in [3.05, 3.63) is 22.7 Å². The van der Waals surface area contributed by atoms with Gasteiger partial charge in [0.1, 0.15) is 4.60 Å². The molecule has 1 aromatic heterocycles. The number of carbonyl (C=O) groups excluding carboxylic acids is 1. The Labute approximate surface area is 89.5 Å². The maximum atomic E-state index is 10.6. The Bertz CT molecular complexity index is 289. The zero-order chi connectivity index (χ0) is 9.68. The van der Waals surface area contributed by atoms with Crippen LogP contribution in [0.15, 0.2) is 17.0 Å². The fourth-order valence-corrected chi connectivity index (χ4v) is 1.57. The van der Waals surface area contributed by atoms with Crippen LogP contribution in [0.4, 0.5) is 0 Å². The van der Waals surface area contributed by atoms with E-state index in [-0.39, 0.29) is 5.12 Å². The topological polar surface area (TPSA) is 42.9 Å². The van der Waals surface area contributed by atoms with Crippen LogP contribution in [0, 0.1) is 0 Å². The van der Waals surface area contributed by atoms with E-state index in [0.717, 1.165) is 22.5 Å². The second-order valence-corrected chi connectivity index (χ2v) is 4.50. The molecule has 0 fully saturated rings. The summed E-state index contributed by atoms with van der Waals surface area (Å²) in [6.07, 6.45) is 4.16. The molecule has 0 aromatic carbocycles. The third-order valence-corrected chi connectivity index (χ3v) is 2.56. The van der Waals surface area contributed by atoms with Crippen LogP contribution in [-0.2, 0) is 11.2 Å². The molecule has 0 saturated carbocycles. The third-order valence-electron chi connectivity index (χ3n) is 1.34. The van der Waals surface area contributed by atoms with Gasteiger partial charge in [0.05, 0.1) is 11.9 Å².